The summed E-state index contributed by atoms with van der Waals surface area (Å²) in [6.45, 7) is 1.63. The molecule has 2 rings (SSSR count). The summed E-state index contributed by atoms with van der Waals surface area (Å²) >= 11 is 0. The van der Waals surface area contributed by atoms with E-state index in [1.807, 2.05) is 0 Å². The second kappa shape index (κ2) is 3.35. The zero-order chi connectivity index (χ0) is 11.0. The normalized spacial score (nSPS) is 14.7. The quantitative estimate of drug-likeness (QED) is 0.699. The molecule has 1 aromatic carbocycles. The number of benzene rings is 1. The lowest BCUT2D eigenvalue weighted by molar-refractivity contribution is 0.0982. The third kappa shape index (κ3) is 1.36. The van der Waals surface area contributed by atoms with Gasteiger partial charge in [0, 0.05) is 11.1 Å². The Morgan fingerprint density at radius 1 is 1.20 bits per heavy atom. The van der Waals surface area contributed by atoms with Crippen LogP contribution >= 0.6 is 0 Å². The van der Waals surface area contributed by atoms with E-state index in [9.17, 15) is 9.59 Å². The van der Waals surface area contributed by atoms with Gasteiger partial charge in [-0.2, -0.15) is 0 Å². The Bertz CT molecular complexity index is 484. The molecule has 3 heteroatoms. The predicted octanol–water partition coefficient (Wildman–Crippen LogP) is 2.02. The van der Waals surface area contributed by atoms with Crippen LogP contribution in [0.1, 0.15) is 27.6 Å². The summed E-state index contributed by atoms with van der Waals surface area (Å²) in [5, 5.41) is 0. The van der Waals surface area contributed by atoms with Gasteiger partial charge in [0.25, 0.3) is 0 Å². The van der Waals surface area contributed by atoms with Gasteiger partial charge in [-0.05, 0) is 19.1 Å². The molecule has 0 bridgehead atoms. The highest BCUT2D eigenvalue weighted by Gasteiger charge is 2.26. The van der Waals surface area contributed by atoms with E-state index in [2.05, 4.69) is 0 Å². The summed E-state index contributed by atoms with van der Waals surface area (Å²) in [7, 11) is 1.49. The van der Waals surface area contributed by atoms with Crippen LogP contribution in [0.5, 0.6) is 5.75 Å². The number of Topliss-reactive ketones (excluding diaryl/α,β-unsaturated/α-hetero) is 1. The van der Waals surface area contributed by atoms with Gasteiger partial charge in [0.15, 0.2) is 11.6 Å². The van der Waals surface area contributed by atoms with E-state index in [-0.39, 0.29) is 11.6 Å². The molecule has 0 radical (unpaired) electrons. The van der Waals surface area contributed by atoms with Gasteiger partial charge in [0.1, 0.15) is 5.75 Å². The number of carbonyl (C=O) groups is 2. The van der Waals surface area contributed by atoms with Gasteiger partial charge in [-0.3, -0.25) is 9.59 Å². The van der Waals surface area contributed by atoms with Gasteiger partial charge in [0.2, 0.25) is 0 Å². The molecule has 0 N–H and O–H groups in total. The summed E-state index contributed by atoms with van der Waals surface area (Å²) in [5.74, 6) is 0.182. The van der Waals surface area contributed by atoms with E-state index in [0.29, 0.717) is 22.4 Å². The second-order valence-electron chi connectivity index (χ2n) is 3.40. The number of hydrogen-bond donors (Lipinski definition) is 0. The molecule has 0 aliphatic heterocycles. The molecule has 0 heterocycles. The average molecular weight is 202 g/mol. The fourth-order valence-corrected chi connectivity index (χ4v) is 1.68. The molecule has 0 saturated heterocycles. The summed E-state index contributed by atoms with van der Waals surface area (Å²) in [6.07, 6.45) is 1.37. The first-order valence-electron chi connectivity index (χ1n) is 4.59. The van der Waals surface area contributed by atoms with Crippen molar-refractivity contribution < 1.29 is 14.3 Å². The van der Waals surface area contributed by atoms with Crippen molar-refractivity contribution in [2.24, 2.45) is 0 Å². The first-order chi connectivity index (χ1) is 7.15. The SMILES string of the molecule is COc1cccc2c1C(=O)C(C)=CC2=O. The summed E-state index contributed by atoms with van der Waals surface area (Å²) in [6, 6.07) is 5.03. The number of fused-ring (bicyclic) bond motifs is 1. The minimum atomic E-state index is -0.138. The Labute approximate surface area is 87.4 Å². The van der Waals surface area contributed by atoms with Crippen LogP contribution in [-0.2, 0) is 0 Å². The van der Waals surface area contributed by atoms with Crippen LogP contribution in [0, 0.1) is 0 Å². The second-order valence-corrected chi connectivity index (χ2v) is 3.40. The maximum atomic E-state index is 11.8. The van der Waals surface area contributed by atoms with E-state index < -0.39 is 0 Å². The highest BCUT2D eigenvalue weighted by molar-refractivity contribution is 6.25. The molecule has 0 atom stereocenters. The molecule has 1 aliphatic rings. The maximum absolute atomic E-state index is 11.8. The topological polar surface area (TPSA) is 43.4 Å². The average Bonchev–Trinajstić information content (AvgIpc) is 2.25. The fraction of sp³-hybridized carbons (Fsp3) is 0.167. The van der Waals surface area contributed by atoms with Crippen molar-refractivity contribution in [1.82, 2.24) is 0 Å². The molecule has 76 valence electrons. The van der Waals surface area contributed by atoms with Crippen molar-refractivity contribution in [2.75, 3.05) is 7.11 Å². The first-order valence-corrected chi connectivity index (χ1v) is 4.59. The number of ketones is 2. The summed E-state index contributed by atoms with van der Waals surface area (Å²) in [4.78, 5) is 23.5. The third-order valence-electron chi connectivity index (χ3n) is 2.44. The van der Waals surface area contributed by atoms with E-state index in [1.165, 1.54) is 13.2 Å². The molecule has 1 aliphatic carbocycles. The van der Waals surface area contributed by atoms with Gasteiger partial charge in [-0.15, -0.1) is 0 Å². The lowest BCUT2D eigenvalue weighted by Crippen LogP contribution is -2.16. The highest BCUT2D eigenvalue weighted by atomic mass is 16.5. The van der Waals surface area contributed by atoms with Crippen molar-refractivity contribution in [1.29, 1.82) is 0 Å². The minimum absolute atomic E-state index is 0.137. The fourth-order valence-electron chi connectivity index (χ4n) is 1.68. The first kappa shape index (κ1) is 9.65. The predicted molar refractivity (Wildman–Crippen MR) is 55.4 cm³/mol. The Morgan fingerprint density at radius 2 is 1.93 bits per heavy atom. The Morgan fingerprint density at radius 3 is 2.60 bits per heavy atom. The van der Waals surface area contributed by atoms with Crippen LogP contribution in [0.3, 0.4) is 0 Å². The smallest absolute Gasteiger partial charge is 0.193 e. The van der Waals surface area contributed by atoms with Crippen molar-refractivity contribution in [2.45, 2.75) is 6.92 Å². The molecule has 3 nitrogen and oxygen atoms in total. The zero-order valence-electron chi connectivity index (χ0n) is 8.53. The van der Waals surface area contributed by atoms with E-state index in [4.69, 9.17) is 4.74 Å². The standard InChI is InChI=1S/C12H10O3/c1-7-6-9(13)8-4-3-5-10(15-2)11(8)12(7)14/h3-6H,1-2H3. The molecule has 0 fully saturated rings. The molecule has 0 saturated carbocycles. The molecular weight excluding hydrogens is 192 g/mol. The Balaban J connectivity index is 2.72. The van der Waals surface area contributed by atoms with E-state index in [1.54, 1.807) is 25.1 Å². The van der Waals surface area contributed by atoms with Crippen LogP contribution in [0.15, 0.2) is 29.8 Å². The summed E-state index contributed by atoms with van der Waals surface area (Å²) in [5.41, 5.74) is 1.26. The number of rotatable bonds is 1. The van der Waals surface area contributed by atoms with Gasteiger partial charge in [-0.25, -0.2) is 0 Å². The van der Waals surface area contributed by atoms with Crippen LogP contribution in [0.4, 0.5) is 0 Å². The molecule has 0 amide bonds. The summed E-state index contributed by atoms with van der Waals surface area (Å²) < 4.78 is 5.08. The van der Waals surface area contributed by atoms with Gasteiger partial charge in [-0.1, -0.05) is 12.1 Å². The van der Waals surface area contributed by atoms with Crippen LogP contribution in [0.25, 0.3) is 0 Å². The Hall–Kier alpha value is -1.90. The number of hydrogen-bond acceptors (Lipinski definition) is 3. The zero-order valence-corrected chi connectivity index (χ0v) is 8.53. The molecular formula is C12H10O3. The van der Waals surface area contributed by atoms with Crippen molar-refractivity contribution in [3.8, 4) is 5.75 Å². The molecule has 15 heavy (non-hydrogen) atoms. The van der Waals surface area contributed by atoms with Gasteiger partial charge in [0.05, 0.1) is 12.7 Å². The maximum Gasteiger partial charge on any atom is 0.193 e. The van der Waals surface area contributed by atoms with Crippen molar-refractivity contribution in [3.63, 3.8) is 0 Å². The number of ether oxygens (including phenoxy) is 1. The molecule has 0 spiro atoms. The van der Waals surface area contributed by atoms with Crippen LogP contribution in [-0.4, -0.2) is 18.7 Å². The number of allylic oxidation sites excluding steroid dienone is 2. The van der Waals surface area contributed by atoms with Crippen LogP contribution in [0.2, 0.25) is 0 Å². The van der Waals surface area contributed by atoms with Crippen molar-refractivity contribution in [3.05, 3.63) is 41.0 Å². The largest absolute Gasteiger partial charge is 0.496 e. The highest BCUT2D eigenvalue weighted by Crippen LogP contribution is 2.28. The lowest BCUT2D eigenvalue weighted by Gasteiger charge is -2.15. The third-order valence-corrected chi connectivity index (χ3v) is 2.44. The van der Waals surface area contributed by atoms with E-state index >= 15 is 0 Å². The van der Waals surface area contributed by atoms with Crippen molar-refractivity contribution >= 4 is 11.6 Å². The Kier molecular flexibility index (Phi) is 2.15. The van der Waals surface area contributed by atoms with E-state index in [0.717, 1.165) is 0 Å². The lowest BCUT2D eigenvalue weighted by atomic mass is 9.89. The van der Waals surface area contributed by atoms with Gasteiger partial charge >= 0.3 is 0 Å². The molecule has 1 aromatic rings. The van der Waals surface area contributed by atoms with Crippen LogP contribution < -0.4 is 4.74 Å². The molecule has 0 unspecified atom stereocenters. The molecule has 0 aromatic heterocycles. The minimum Gasteiger partial charge on any atom is -0.496 e. The number of methoxy groups -OCH3 is 1. The monoisotopic (exact) mass is 202 g/mol. The van der Waals surface area contributed by atoms with Gasteiger partial charge < -0.3 is 4.74 Å². The number of carbonyl (C=O) groups excluding carboxylic acids is 2.